The first kappa shape index (κ1) is 13.3. The summed E-state index contributed by atoms with van der Waals surface area (Å²) in [6, 6.07) is 0. The van der Waals surface area contributed by atoms with Crippen LogP contribution in [0.1, 0.15) is 58.3 Å². The number of hydrogen-bond donors (Lipinski definition) is 1. The molecule has 2 unspecified atom stereocenters. The summed E-state index contributed by atoms with van der Waals surface area (Å²) in [5, 5.41) is 0. The Bertz CT molecular complexity index is 188. The van der Waals surface area contributed by atoms with Gasteiger partial charge in [0.25, 0.3) is 0 Å². The molecule has 1 aliphatic rings. The molecule has 0 amide bonds. The zero-order chi connectivity index (χ0) is 11.1. The van der Waals surface area contributed by atoms with Gasteiger partial charge < -0.3 is 4.89 Å². The Morgan fingerprint density at radius 1 is 1.33 bits per heavy atom. The van der Waals surface area contributed by atoms with Crippen LogP contribution in [-0.4, -0.2) is 11.1 Å². The molecule has 0 heterocycles. The van der Waals surface area contributed by atoms with Crippen LogP contribution in [0.2, 0.25) is 0 Å². The lowest BCUT2D eigenvalue weighted by Gasteiger charge is -2.29. The smallest absolute Gasteiger partial charge is 0.189 e. The predicted octanol–water partition coefficient (Wildman–Crippen LogP) is 3.84. The molecule has 0 aromatic carbocycles. The van der Waals surface area contributed by atoms with E-state index in [-0.39, 0.29) is 0 Å². The van der Waals surface area contributed by atoms with Gasteiger partial charge in [0, 0.05) is 6.16 Å². The fourth-order valence-corrected chi connectivity index (χ4v) is 3.79. The maximum Gasteiger partial charge on any atom is 0.189 e. The molecule has 15 heavy (non-hydrogen) atoms. The molecule has 1 aliphatic carbocycles. The van der Waals surface area contributed by atoms with Crippen LogP contribution in [0.15, 0.2) is 0 Å². The molecule has 1 N–H and O–H groups in total. The highest BCUT2D eigenvalue weighted by atomic mass is 31.1. The molecule has 1 fully saturated rings. The Balaban J connectivity index is 2.41. The summed E-state index contributed by atoms with van der Waals surface area (Å²) in [7, 11) is -2.26. The van der Waals surface area contributed by atoms with E-state index in [0.29, 0.717) is 12.1 Å². The summed E-state index contributed by atoms with van der Waals surface area (Å²) in [6.45, 7) is 2.19. The van der Waals surface area contributed by atoms with E-state index in [9.17, 15) is 4.57 Å². The van der Waals surface area contributed by atoms with Crippen LogP contribution in [0.5, 0.6) is 0 Å². The van der Waals surface area contributed by atoms with Crippen LogP contribution in [0.25, 0.3) is 0 Å². The van der Waals surface area contributed by atoms with E-state index in [1.165, 1.54) is 44.9 Å². The van der Waals surface area contributed by atoms with Crippen molar-refractivity contribution in [1.82, 2.24) is 0 Å². The van der Waals surface area contributed by atoms with Crippen molar-refractivity contribution >= 4 is 8.03 Å². The molecular formula is C12H25O2P. The van der Waals surface area contributed by atoms with Crippen LogP contribution in [0.4, 0.5) is 0 Å². The van der Waals surface area contributed by atoms with E-state index >= 15 is 0 Å². The highest BCUT2D eigenvalue weighted by Gasteiger charge is 2.24. The average molecular weight is 232 g/mol. The molecule has 0 saturated heterocycles. The molecule has 2 atom stereocenters. The summed E-state index contributed by atoms with van der Waals surface area (Å²) in [4.78, 5) is 9.10. The number of unbranched alkanes of at least 4 members (excludes halogenated alkanes) is 1. The first-order valence-electron chi connectivity index (χ1n) is 6.45. The number of hydrogen-bond acceptors (Lipinski definition) is 1. The molecule has 3 heteroatoms. The second kappa shape index (κ2) is 7.46. The van der Waals surface area contributed by atoms with Gasteiger partial charge in [0.2, 0.25) is 0 Å². The monoisotopic (exact) mass is 232 g/mol. The average Bonchev–Trinajstić information content (AvgIpc) is 2.25. The van der Waals surface area contributed by atoms with Gasteiger partial charge in [-0.15, -0.1) is 0 Å². The first-order chi connectivity index (χ1) is 7.24. The Morgan fingerprint density at radius 3 is 2.53 bits per heavy atom. The van der Waals surface area contributed by atoms with E-state index in [1.54, 1.807) is 0 Å². The minimum absolute atomic E-state index is 0.529. The van der Waals surface area contributed by atoms with Gasteiger partial charge in [-0.1, -0.05) is 51.9 Å². The maximum atomic E-state index is 11.0. The van der Waals surface area contributed by atoms with Crippen LogP contribution in [0, 0.1) is 11.8 Å². The Hall–Kier alpha value is 0.190. The van der Waals surface area contributed by atoms with Gasteiger partial charge in [-0.3, -0.25) is 4.57 Å². The van der Waals surface area contributed by atoms with Gasteiger partial charge in [-0.05, 0) is 18.3 Å². The van der Waals surface area contributed by atoms with Crippen molar-refractivity contribution in [3.8, 4) is 0 Å². The first-order valence-corrected chi connectivity index (χ1v) is 8.02. The van der Waals surface area contributed by atoms with Crippen LogP contribution in [0.3, 0.4) is 0 Å². The molecule has 1 saturated carbocycles. The van der Waals surface area contributed by atoms with Gasteiger partial charge in [-0.2, -0.15) is 0 Å². The second-order valence-electron chi connectivity index (χ2n) is 4.90. The van der Waals surface area contributed by atoms with Crippen LogP contribution < -0.4 is 0 Å². The molecular weight excluding hydrogens is 207 g/mol. The molecule has 0 radical (unpaired) electrons. The minimum Gasteiger partial charge on any atom is -0.346 e. The normalized spacial score (nSPS) is 22.5. The molecule has 0 aliphatic heterocycles. The summed E-state index contributed by atoms with van der Waals surface area (Å²) in [5.74, 6) is 1.27. The molecule has 0 aromatic rings. The fraction of sp³-hybridized carbons (Fsp3) is 1.00. The quantitative estimate of drug-likeness (QED) is 0.706. The third-order valence-electron chi connectivity index (χ3n) is 3.68. The van der Waals surface area contributed by atoms with Crippen molar-refractivity contribution in [1.29, 1.82) is 0 Å². The Morgan fingerprint density at radius 2 is 2.00 bits per heavy atom. The highest BCUT2D eigenvalue weighted by molar-refractivity contribution is 7.38. The van der Waals surface area contributed by atoms with E-state index in [0.717, 1.165) is 12.3 Å². The summed E-state index contributed by atoms with van der Waals surface area (Å²) < 4.78 is 11.0. The molecule has 0 spiro atoms. The maximum absolute atomic E-state index is 11.0. The van der Waals surface area contributed by atoms with Crippen molar-refractivity contribution in [3.05, 3.63) is 0 Å². The van der Waals surface area contributed by atoms with E-state index < -0.39 is 8.03 Å². The van der Waals surface area contributed by atoms with E-state index in [4.69, 9.17) is 4.89 Å². The third kappa shape index (κ3) is 5.17. The zero-order valence-electron chi connectivity index (χ0n) is 9.87. The van der Waals surface area contributed by atoms with Crippen molar-refractivity contribution in [3.63, 3.8) is 0 Å². The van der Waals surface area contributed by atoms with Crippen LogP contribution >= 0.6 is 8.03 Å². The van der Waals surface area contributed by atoms with Gasteiger partial charge >= 0.3 is 0 Å². The number of rotatable bonds is 6. The van der Waals surface area contributed by atoms with E-state index in [2.05, 4.69) is 6.92 Å². The summed E-state index contributed by atoms with van der Waals surface area (Å²) in [6.07, 6.45) is 10.8. The lowest BCUT2D eigenvalue weighted by molar-refractivity contribution is 0.248. The standard InChI is InChI=1S/C12H25O2P/c1-2-3-7-12(10-15(13)14)11-8-5-4-6-9-11/h11-12,15H,2-10H2,1H3,(H,13,14). The fourth-order valence-electron chi connectivity index (χ4n) is 2.80. The Kier molecular flexibility index (Phi) is 6.59. The van der Waals surface area contributed by atoms with Crippen molar-refractivity contribution in [2.24, 2.45) is 11.8 Å². The lowest BCUT2D eigenvalue weighted by Crippen LogP contribution is -2.20. The molecule has 2 nitrogen and oxygen atoms in total. The predicted molar refractivity (Wildman–Crippen MR) is 65.7 cm³/mol. The van der Waals surface area contributed by atoms with Gasteiger partial charge in [0.1, 0.15) is 0 Å². The third-order valence-corrected chi connectivity index (χ3v) is 4.56. The molecule has 1 rings (SSSR count). The van der Waals surface area contributed by atoms with Gasteiger partial charge in [0.15, 0.2) is 8.03 Å². The minimum atomic E-state index is -2.26. The van der Waals surface area contributed by atoms with Crippen molar-refractivity contribution in [2.45, 2.75) is 58.3 Å². The molecule has 0 bridgehead atoms. The zero-order valence-corrected chi connectivity index (χ0v) is 10.9. The Labute approximate surface area is 94.3 Å². The lowest BCUT2D eigenvalue weighted by atomic mass is 9.79. The second-order valence-corrected chi connectivity index (χ2v) is 6.09. The summed E-state index contributed by atoms with van der Waals surface area (Å²) in [5.41, 5.74) is 0. The summed E-state index contributed by atoms with van der Waals surface area (Å²) >= 11 is 0. The van der Waals surface area contributed by atoms with E-state index in [1.807, 2.05) is 0 Å². The van der Waals surface area contributed by atoms with Crippen molar-refractivity contribution in [2.75, 3.05) is 6.16 Å². The van der Waals surface area contributed by atoms with Crippen LogP contribution in [-0.2, 0) is 4.57 Å². The molecule has 90 valence electrons. The molecule has 0 aromatic heterocycles. The topological polar surface area (TPSA) is 37.3 Å². The largest absolute Gasteiger partial charge is 0.346 e. The SMILES string of the molecule is CCCCC(C[PH](=O)O)C1CCCCC1. The highest BCUT2D eigenvalue weighted by Crippen LogP contribution is 2.36. The van der Waals surface area contributed by atoms with Gasteiger partial charge in [0.05, 0.1) is 0 Å². The van der Waals surface area contributed by atoms with Gasteiger partial charge in [-0.25, -0.2) is 0 Å². The van der Waals surface area contributed by atoms with Crippen molar-refractivity contribution < 1.29 is 9.46 Å².